The van der Waals surface area contributed by atoms with Crippen LogP contribution in [0.4, 0.5) is 0 Å². The molecule has 1 saturated carbocycles. The average molecular weight is 446 g/mol. The SMILES string of the molecule is CC(C)(C)[Si](C)(C)O[C@H]1CC[C@@H](OC(=O)c2ccccc2)[C@@H](c2ccc(Cl)nc2)C1. The van der Waals surface area contributed by atoms with Crippen molar-refractivity contribution in [3.63, 3.8) is 0 Å². The lowest BCUT2D eigenvalue weighted by Gasteiger charge is -2.43. The molecule has 162 valence electrons. The van der Waals surface area contributed by atoms with E-state index in [0.29, 0.717) is 10.7 Å². The van der Waals surface area contributed by atoms with E-state index in [9.17, 15) is 4.79 Å². The van der Waals surface area contributed by atoms with Crippen LogP contribution in [0, 0.1) is 0 Å². The van der Waals surface area contributed by atoms with E-state index in [1.165, 1.54) is 0 Å². The molecule has 1 aromatic carbocycles. The predicted octanol–water partition coefficient (Wildman–Crippen LogP) is 6.62. The zero-order valence-electron chi connectivity index (χ0n) is 18.5. The first-order valence-electron chi connectivity index (χ1n) is 10.6. The topological polar surface area (TPSA) is 48.4 Å². The van der Waals surface area contributed by atoms with Crippen molar-refractivity contribution in [3.05, 3.63) is 64.9 Å². The van der Waals surface area contributed by atoms with Gasteiger partial charge in [0, 0.05) is 18.2 Å². The van der Waals surface area contributed by atoms with E-state index in [1.807, 2.05) is 24.3 Å². The van der Waals surface area contributed by atoms with Gasteiger partial charge in [0.2, 0.25) is 0 Å². The van der Waals surface area contributed by atoms with Gasteiger partial charge in [-0.2, -0.15) is 0 Å². The van der Waals surface area contributed by atoms with Crippen LogP contribution in [0.5, 0.6) is 0 Å². The summed E-state index contributed by atoms with van der Waals surface area (Å²) in [5, 5.41) is 0.613. The first kappa shape index (κ1) is 23.0. The molecule has 1 aromatic heterocycles. The Morgan fingerprint density at radius 2 is 1.80 bits per heavy atom. The quantitative estimate of drug-likeness (QED) is 0.295. The number of aromatic nitrogens is 1. The molecule has 0 aliphatic heterocycles. The van der Waals surface area contributed by atoms with E-state index in [1.54, 1.807) is 24.4 Å². The molecule has 1 heterocycles. The van der Waals surface area contributed by atoms with E-state index in [-0.39, 0.29) is 29.1 Å². The van der Waals surface area contributed by atoms with Crippen molar-refractivity contribution in [2.45, 2.75) is 76.3 Å². The summed E-state index contributed by atoms with van der Waals surface area (Å²) in [5.74, 6) is -0.248. The molecule has 0 amide bonds. The van der Waals surface area contributed by atoms with Gasteiger partial charge in [-0.3, -0.25) is 0 Å². The number of pyridine rings is 1. The third-order valence-corrected chi connectivity index (χ3v) is 11.2. The predicted molar refractivity (Wildman–Crippen MR) is 124 cm³/mol. The van der Waals surface area contributed by atoms with Crippen LogP contribution >= 0.6 is 11.6 Å². The number of carbonyl (C=O) groups is 1. The second kappa shape index (κ2) is 9.21. The van der Waals surface area contributed by atoms with Gasteiger partial charge in [0.15, 0.2) is 8.32 Å². The molecule has 0 bridgehead atoms. The Morgan fingerprint density at radius 3 is 2.40 bits per heavy atom. The molecular formula is C24H32ClNO3Si. The number of nitrogens with zero attached hydrogens (tertiary/aromatic N) is 1. The minimum absolute atomic E-state index is 0.0333. The van der Waals surface area contributed by atoms with E-state index in [2.05, 4.69) is 38.8 Å². The average Bonchev–Trinajstić information content (AvgIpc) is 2.69. The third kappa shape index (κ3) is 5.51. The summed E-state index contributed by atoms with van der Waals surface area (Å²) < 4.78 is 12.7. The standard InChI is InChI=1S/C24H32ClNO3Si/c1-24(2,3)30(4,5)29-19-12-13-21(28-23(27)17-9-7-6-8-10-17)20(15-19)18-11-14-22(25)26-16-18/h6-11,14,16,19-21H,12-13,15H2,1-5H3/t19-,20+,21+/m0/s1. The molecule has 6 heteroatoms. The van der Waals surface area contributed by atoms with Gasteiger partial charge in [-0.25, -0.2) is 9.78 Å². The van der Waals surface area contributed by atoms with Gasteiger partial charge in [-0.15, -0.1) is 0 Å². The lowest BCUT2D eigenvalue weighted by Crippen LogP contribution is -2.46. The van der Waals surface area contributed by atoms with Crippen molar-refractivity contribution < 1.29 is 14.0 Å². The Bertz CT molecular complexity index is 849. The molecule has 1 aliphatic rings. The summed E-state index contributed by atoms with van der Waals surface area (Å²) in [4.78, 5) is 17.0. The molecule has 0 unspecified atom stereocenters. The number of esters is 1. The molecule has 0 spiro atoms. The van der Waals surface area contributed by atoms with Crippen LogP contribution in [0.25, 0.3) is 0 Å². The number of benzene rings is 1. The maximum Gasteiger partial charge on any atom is 0.338 e. The Labute approximate surface area is 186 Å². The second-order valence-corrected chi connectivity index (χ2v) is 14.8. The van der Waals surface area contributed by atoms with Gasteiger partial charge in [-0.05, 0) is 61.2 Å². The Kier molecular flexibility index (Phi) is 7.05. The van der Waals surface area contributed by atoms with Crippen LogP contribution < -0.4 is 0 Å². The van der Waals surface area contributed by atoms with Gasteiger partial charge in [-0.1, -0.05) is 56.6 Å². The first-order valence-corrected chi connectivity index (χ1v) is 13.9. The molecule has 30 heavy (non-hydrogen) atoms. The van der Waals surface area contributed by atoms with Gasteiger partial charge in [0.05, 0.1) is 5.56 Å². The highest BCUT2D eigenvalue weighted by atomic mass is 35.5. The molecule has 0 radical (unpaired) electrons. The number of ether oxygens (including phenoxy) is 1. The fraction of sp³-hybridized carbons (Fsp3) is 0.500. The normalized spacial score (nSPS) is 22.5. The number of rotatable bonds is 5. The van der Waals surface area contributed by atoms with Crippen molar-refractivity contribution in [1.29, 1.82) is 0 Å². The number of hydrogen-bond acceptors (Lipinski definition) is 4. The van der Waals surface area contributed by atoms with Crippen LogP contribution in [0.3, 0.4) is 0 Å². The molecule has 1 fully saturated rings. The monoisotopic (exact) mass is 445 g/mol. The molecule has 2 aromatic rings. The van der Waals surface area contributed by atoms with Crippen molar-refractivity contribution in [1.82, 2.24) is 4.98 Å². The summed E-state index contributed by atoms with van der Waals surface area (Å²) in [5.41, 5.74) is 1.61. The summed E-state index contributed by atoms with van der Waals surface area (Å²) in [6.45, 7) is 11.3. The first-order chi connectivity index (χ1) is 14.1. The van der Waals surface area contributed by atoms with Gasteiger partial charge < -0.3 is 9.16 Å². The molecule has 0 N–H and O–H groups in total. The molecular weight excluding hydrogens is 414 g/mol. The van der Waals surface area contributed by atoms with Crippen LogP contribution in [-0.4, -0.2) is 31.5 Å². The van der Waals surface area contributed by atoms with Crippen molar-refractivity contribution in [3.8, 4) is 0 Å². The van der Waals surface area contributed by atoms with Gasteiger partial charge >= 0.3 is 5.97 Å². The smallest absolute Gasteiger partial charge is 0.338 e. The van der Waals surface area contributed by atoms with Crippen LogP contribution in [0.15, 0.2) is 48.7 Å². The Balaban J connectivity index is 1.79. The number of hydrogen-bond donors (Lipinski definition) is 0. The highest BCUT2D eigenvalue weighted by Crippen LogP contribution is 2.42. The zero-order valence-corrected chi connectivity index (χ0v) is 20.3. The lowest BCUT2D eigenvalue weighted by atomic mass is 9.80. The molecule has 1 aliphatic carbocycles. The van der Waals surface area contributed by atoms with Gasteiger partial charge in [0.25, 0.3) is 0 Å². The maximum absolute atomic E-state index is 12.7. The van der Waals surface area contributed by atoms with E-state index >= 15 is 0 Å². The third-order valence-electron chi connectivity index (χ3n) is 6.45. The van der Waals surface area contributed by atoms with E-state index in [4.69, 9.17) is 20.8 Å². The highest BCUT2D eigenvalue weighted by molar-refractivity contribution is 6.74. The highest BCUT2D eigenvalue weighted by Gasteiger charge is 2.42. The fourth-order valence-electron chi connectivity index (χ4n) is 3.68. The largest absolute Gasteiger partial charge is 0.458 e. The maximum atomic E-state index is 12.7. The minimum atomic E-state index is -1.88. The zero-order chi connectivity index (χ0) is 21.9. The summed E-state index contributed by atoms with van der Waals surface area (Å²) in [6, 6.07) is 12.9. The van der Waals surface area contributed by atoms with E-state index in [0.717, 1.165) is 24.8 Å². The summed E-state index contributed by atoms with van der Waals surface area (Å²) in [7, 11) is -1.88. The van der Waals surface area contributed by atoms with Crippen LogP contribution in [0.1, 0.15) is 61.9 Å². The van der Waals surface area contributed by atoms with Crippen molar-refractivity contribution in [2.24, 2.45) is 0 Å². The van der Waals surface area contributed by atoms with E-state index < -0.39 is 8.32 Å². The molecule has 0 saturated heterocycles. The molecule has 3 rings (SSSR count). The van der Waals surface area contributed by atoms with Crippen molar-refractivity contribution >= 4 is 25.9 Å². The summed E-state index contributed by atoms with van der Waals surface area (Å²) >= 11 is 6.00. The van der Waals surface area contributed by atoms with Crippen LogP contribution in [-0.2, 0) is 9.16 Å². The van der Waals surface area contributed by atoms with Crippen LogP contribution in [0.2, 0.25) is 23.3 Å². The lowest BCUT2D eigenvalue weighted by molar-refractivity contribution is -0.00354. The Hall–Kier alpha value is -1.69. The summed E-state index contributed by atoms with van der Waals surface area (Å²) in [6.07, 6.45) is 4.20. The van der Waals surface area contributed by atoms with Gasteiger partial charge in [0.1, 0.15) is 11.3 Å². The minimum Gasteiger partial charge on any atom is -0.458 e. The van der Waals surface area contributed by atoms with Crippen molar-refractivity contribution in [2.75, 3.05) is 0 Å². The fourth-order valence-corrected chi connectivity index (χ4v) is 5.20. The second-order valence-electron chi connectivity index (χ2n) is 9.64. The molecule has 4 nitrogen and oxygen atoms in total. The number of carbonyl (C=O) groups excluding carboxylic acids is 1. The molecule has 3 atom stereocenters. The Morgan fingerprint density at radius 1 is 1.10 bits per heavy atom. The number of halogens is 1.